The third kappa shape index (κ3) is 4.56. The second kappa shape index (κ2) is 7.14. The molecule has 1 aromatic heterocycles. The molecule has 0 amide bonds. The van der Waals surface area contributed by atoms with Crippen molar-refractivity contribution >= 4 is 28.6 Å². The number of carbonyl (C=O) groups excluding carboxylic acids is 1. The van der Waals surface area contributed by atoms with Crippen LogP contribution in [0.15, 0.2) is 36.5 Å². The lowest BCUT2D eigenvalue weighted by Crippen LogP contribution is -2.01. The van der Waals surface area contributed by atoms with Crippen molar-refractivity contribution in [2.45, 2.75) is 19.1 Å². The molecule has 0 aliphatic rings. The zero-order valence-corrected chi connectivity index (χ0v) is 11.8. The Hall–Kier alpha value is -1.55. The topological polar surface area (TPSA) is 39.2 Å². The van der Waals surface area contributed by atoms with Crippen molar-refractivity contribution in [1.82, 2.24) is 4.98 Å². The Balaban J connectivity index is 1.77. The summed E-state index contributed by atoms with van der Waals surface area (Å²) in [4.78, 5) is 15.0. The SMILES string of the molecule is CC(=O)OCCCSCc1cnc2ccccc2c1. The molecule has 0 saturated carbocycles. The maximum atomic E-state index is 10.6. The lowest BCUT2D eigenvalue weighted by molar-refractivity contribution is -0.140. The monoisotopic (exact) mass is 275 g/mol. The molecule has 0 radical (unpaired) electrons. The van der Waals surface area contributed by atoms with E-state index in [1.807, 2.05) is 36.2 Å². The molecule has 19 heavy (non-hydrogen) atoms. The number of ether oxygens (including phenoxy) is 1. The number of pyridine rings is 1. The smallest absolute Gasteiger partial charge is 0.302 e. The maximum absolute atomic E-state index is 10.6. The van der Waals surface area contributed by atoms with Gasteiger partial charge in [-0.2, -0.15) is 11.8 Å². The second-order valence-corrected chi connectivity index (χ2v) is 5.39. The molecule has 2 rings (SSSR count). The first-order valence-corrected chi connectivity index (χ1v) is 7.46. The van der Waals surface area contributed by atoms with Crippen LogP contribution in [0.1, 0.15) is 18.9 Å². The molecule has 0 unspecified atom stereocenters. The fraction of sp³-hybridized carbons (Fsp3) is 0.333. The van der Waals surface area contributed by atoms with Gasteiger partial charge in [-0.25, -0.2) is 0 Å². The molecule has 0 fully saturated rings. The average molecular weight is 275 g/mol. The predicted molar refractivity (Wildman–Crippen MR) is 79.2 cm³/mol. The summed E-state index contributed by atoms with van der Waals surface area (Å²) >= 11 is 1.84. The van der Waals surface area contributed by atoms with Gasteiger partial charge in [0, 0.05) is 24.3 Å². The number of benzene rings is 1. The highest BCUT2D eigenvalue weighted by Crippen LogP contribution is 2.17. The summed E-state index contributed by atoms with van der Waals surface area (Å²) in [6, 6.07) is 10.3. The highest BCUT2D eigenvalue weighted by molar-refractivity contribution is 7.98. The van der Waals surface area contributed by atoms with Crippen molar-refractivity contribution in [2.24, 2.45) is 0 Å². The zero-order chi connectivity index (χ0) is 13.5. The molecule has 0 saturated heterocycles. The Morgan fingerprint density at radius 1 is 1.37 bits per heavy atom. The highest BCUT2D eigenvalue weighted by Gasteiger charge is 1.98. The van der Waals surface area contributed by atoms with E-state index in [1.54, 1.807) is 0 Å². The minimum atomic E-state index is -0.205. The van der Waals surface area contributed by atoms with E-state index in [2.05, 4.69) is 17.1 Å². The van der Waals surface area contributed by atoms with Gasteiger partial charge in [-0.1, -0.05) is 18.2 Å². The summed E-state index contributed by atoms with van der Waals surface area (Å²) < 4.78 is 4.89. The van der Waals surface area contributed by atoms with E-state index >= 15 is 0 Å². The van der Waals surface area contributed by atoms with Crippen LogP contribution in [0.25, 0.3) is 10.9 Å². The van der Waals surface area contributed by atoms with E-state index in [0.29, 0.717) is 6.61 Å². The van der Waals surface area contributed by atoms with Gasteiger partial charge in [-0.05, 0) is 29.9 Å². The van der Waals surface area contributed by atoms with E-state index in [1.165, 1.54) is 17.9 Å². The molecule has 0 atom stereocenters. The average Bonchev–Trinajstić information content (AvgIpc) is 2.42. The summed E-state index contributed by atoms with van der Waals surface area (Å²) in [5, 5.41) is 1.18. The number of thioether (sulfide) groups is 1. The number of carbonyl (C=O) groups is 1. The number of para-hydroxylation sites is 1. The summed E-state index contributed by atoms with van der Waals surface area (Å²) in [7, 11) is 0. The molecule has 1 aromatic carbocycles. The van der Waals surface area contributed by atoms with Crippen molar-refractivity contribution in [3.8, 4) is 0 Å². The van der Waals surface area contributed by atoms with Gasteiger partial charge in [0.25, 0.3) is 0 Å². The van der Waals surface area contributed by atoms with E-state index in [0.717, 1.165) is 23.4 Å². The van der Waals surface area contributed by atoms with Crippen LogP contribution in [0.3, 0.4) is 0 Å². The highest BCUT2D eigenvalue weighted by atomic mass is 32.2. The van der Waals surface area contributed by atoms with E-state index in [4.69, 9.17) is 4.74 Å². The largest absolute Gasteiger partial charge is 0.466 e. The molecule has 0 N–H and O–H groups in total. The fourth-order valence-corrected chi connectivity index (χ4v) is 2.62. The van der Waals surface area contributed by atoms with Gasteiger partial charge >= 0.3 is 5.97 Å². The number of hydrogen-bond donors (Lipinski definition) is 0. The molecule has 100 valence electrons. The van der Waals surface area contributed by atoms with Gasteiger partial charge in [0.05, 0.1) is 12.1 Å². The lowest BCUT2D eigenvalue weighted by atomic mass is 10.2. The van der Waals surface area contributed by atoms with E-state index in [9.17, 15) is 4.79 Å². The van der Waals surface area contributed by atoms with Crippen LogP contribution in [0.5, 0.6) is 0 Å². The Morgan fingerprint density at radius 3 is 3.05 bits per heavy atom. The van der Waals surface area contributed by atoms with Crippen molar-refractivity contribution in [3.05, 3.63) is 42.1 Å². The second-order valence-electron chi connectivity index (χ2n) is 4.28. The number of hydrogen-bond acceptors (Lipinski definition) is 4. The summed E-state index contributed by atoms with van der Waals surface area (Å²) in [5.74, 6) is 1.72. The molecule has 3 nitrogen and oxygen atoms in total. The van der Waals surface area contributed by atoms with Crippen LogP contribution in [0.2, 0.25) is 0 Å². The number of esters is 1. The molecule has 0 spiro atoms. The predicted octanol–water partition coefficient (Wildman–Crippen LogP) is 3.42. The van der Waals surface area contributed by atoms with E-state index < -0.39 is 0 Å². The fourth-order valence-electron chi connectivity index (χ4n) is 1.76. The van der Waals surface area contributed by atoms with E-state index in [-0.39, 0.29) is 5.97 Å². The van der Waals surface area contributed by atoms with Crippen LogP contribution in [-0.4, -0.2) is 23.3 Å². The number of rotatable bonds is 6. The molecule has 0 aliphatic heterocycles. The van der Waals surface area contributed by atoms with Gasteiger partial charge in [-0.15, -0.1) is 0 Å². The van der Waals surface area contributed by atoms with Gasteiger partial charge in [0.2, 0.25) is 0 Å². The standard InChI is InChI=1S/C15H17NO2S/c1-12(17)18-7-4-8-19-11-13-9-14-5-2-3-6-15(14)16-10-13/h2-3,5-6,9-10H,4,7-8,11H2,1H3. The Bertz CT molecular complexity index is 557. The van der Waals surface area contributed by atoms with Crippen molar-refractivity contribution < 1.29 is 9.53 Å². The molecule has 4 heteroatoms. The summed E-state index contributed by atoms with van der Waals surface area (Å²) in [5.41, 5.74) is 2.27. The molecule has 1 heterocycles. The third-order valence-electron chi connectivity index (χ3n) is 2.65. The zero-order valence-electron chi connectivity index (χ0n) is 11.0. The Kier molecular flexibility index (Phi) is 5.21. The summed E-state index contributed by atoms with van der Waals surface area (Å²) in [6.07, 6.45) is 2.83. The minimum Gasteiger partial charge on any atom is -0.466 e. The Morgan fingerprint density at radius 2 is 2.21 bits per heavy atom. The van der Waals surface area contributed by atoms with Gasteiger partial charge in [0.15, 0.2) is 0 Å². The first-order chi connectivity index (χ1) is 9.25. The van der Waals surface area contributed by atoms with Gasteiger partial charge in [0.1, 0.15) is 0 Å². The normalized spacial score (nSPS) is 10.6. The molecular weight excluding hydrogens is 258 g/mol. The summed E-state index contributed by atoms with van der Waals surface area (Å²) in [6.45, 7) is 1.95. The van der Waals surface area contributed by atoms with Gasteiger partial charge in [-0.3, -0.25) is 9.78 Å². The number of fused-ring (bicyclic) bond motifs is 1. The van der Waals surface area contributed by atoms with Crippen LogP contribution in [0, 0.1) is 0 Å². The molecular formula is C15H17NO2S. The van der Waals surface area contributed by atoms with Crippen molar-refractivity contribution in [3.63, 3.8) is 0 Å². The minimum absolute atomic E-state index is 0.205. The maximum Gasteiger partial charge on any atom is 0.302 e. The first kappa shape index (κ1) is 13.9. The lowest BCUT2D eigenvalue weighted by Gasteiger charge is -2.04. The van der Waals surface area contributed by atoms with Gasteiger partial charge < -0.3 is 4.74 Å². The molecule has 0 bridgehead atoms. The molecule has 0 aliphatic carbocycles. The number of aromatic nitrogens is 1. The quantitative estimate of drug-likeness (QED) is 0.598. The number of nitrogens with zero attached hydrogens (tertiary/aromatic N) is 1. The van der Waals surface area contributed by atoms with Crippen molar-refractivity contribution in [1.29, 1.82) is 0 Å². The third-order valence-corrected chi connectivity index (χ3v) is 3.77. The molecule has 2 aromatic rings. The van der Waals surface area contributed by atoms with Crippen LogP contribution < -0.4 is 0 Å². The van der Waals surface area contributed by atoms with Crippen LogP contribution >= 0.6 is 11.8 Å². The first-order valence-electron chi connectivity index (χ1n) is 6.30. The Labute approximate surface area is 117 Å². The van der Waals surface area contributed by atoms with Crippen LogP contribution in [-0.2, 0) is 15.3 Å². The van der Waals surface area contributed by atoms with Crippen molar-refractivity contribution in [2.75, 3.05) is 12.4 Å². The van der Waals surface area contributed by atoms with Crippen LogP contribution in [0.4, 0.5) is 0 Å².